The Bertz CT molecular complexity index is 1230. The third-order valence-electron chi connectivity index (χ3n) is 4.38. The molecule has 2 aromatic heterocycles. The molecule has 0 amide bonds. The molecular formula is C21H12N2O3. The maximum atomic E-state index is 13.0. The fourth-order valence-corrected chi connectivity index (χ4v) is 3.12. The predicted molar refractivity (Wildman–Crippen MR) is 96.5 cm³/mol. The minimum atomic E-state index is -1.05. The molecule has 0 aliphatic heterocycles. The number of benzene rings is 2. The highest BCUT2D eigenvalue weighted by Gasteiger charge is 2.19. The second kappa shape index (κ2) is 5.87. The molecule has 124 valence electrons. The Balaban J connectivity index is 1.96. The van der Waals surface area contributed by atoms with Crippen molar-refractivity contribution in [2.75, 3.05) is 0 Å². The number of carboxylic acids is 1. The van der Waals surface area contributed by atoms with Crippen LogP contribution in [0.15, 0.2) is 66.7 Å². The lowest BCUT2D eigenvalue weighted by Gasteiger charge is -2.07. The zero-order valence-electron chi connectivity index (χ0n) is 13.5. The summed E-state index contributed by atoms with van der Waals surface area (Å²) in [6.07, 6.45) is 0. The Morgan fingerprint density at radius 3 is 2.27 bits per heavy atom. The van der Waals surface area contributed by atoms with E-state index in [1.807, 2.05) is 36.4 Å². The first-order valence-corrected chi connectivity index (χ1v) is 7.91. The molecule has 0 saturated heterocycles. The van der Waals surface area contributed by atoms with Gasteiger partial charge in [0.15, 0.2) is 0 Å². The molecule has 0 aliphatic rings. The molecule has 0 atom stereocenters. The Morgan fingerprint density at radius 2 is 1.58 bits per heavy atom. The summed E-state index contributed by atoms with van der Waals surface area (Å²) in [7, 11) is 0. The molecule has 0 unspecified atom stereocenters. The lowest BCUT2D eigenvalue weighted by atomic mass is 10.1. The molecule has 4 aromatic rings. The van der Waals surface area contributed by atoms with E-state index in [2.05, 4.69) is 6.07 Å². The van der Waals surface area contributed by atoms with E-state index in [1.165, 1.54) is 24.3 Å². The SMILES string of the molecule is N#Cc1cc(C(=O)c2ccc(C(=O)O)cc2)n2c1ccc1ccccc12. The second-order valence-corrected chi connectivity index (χ2v) is 5.88. The number of hydrogen-bond donors (Lipinski definition) is 1. The summed E-state index contributed by atoms with van der Waals surface area (Å²) in [5.74, 6) is -1.32. The molecule has 0 bridgehead atoms. The van der Waals surface area contributed by atoms with Crippen LogP contribution in [0.2, 0.25) is 0 Å². The van der Waals surface area contributed by atoms with Crippen molar-refractivity contribution in [3.05, 3.63) is 89.1 Å². The summed E-state index contributed by atoms with van der Waals surface area (Å²) < 4.78 is 1.78. The van der Waals surface area contributed by atoms with Gasteiger partial charge in [0, 0.05) is 5.56 Å². The number of rotatable bonds is 3. The molecule has 0 fully saturated rings. The van der Waals surface area contributed by atoms with Crippen LogP contribution >= 0.6 is 0 Å². The minimum Gasteiger partial charge on any atom is -0.478 e. The highest BCUT2D eigenvalue weighted by molar-refractivity contribution is 6.10. The molecule has 0 spiro atoms. The molecular weight excluding hydrogens is 328 g/mol. The zero-order chi connectivity index (χ0) is 18.3. The highest BCUT2D eigenvalue weighted by atomic mass is 16.4. The van der Waals surface area contributed by atoms with Crippen LogP contribution in [0, 0.1) is 11.3 Å². The maximum Gasteiger partial charge on any atom is 0.335 e. The Hall–Kier alpha value is -3.91. The lowest BCUT2D eigenvalue weighted by molar-refractivity contribution is 0.0696. The fourth-order valence-electron chi connectivity index (χ4n) is 3.12. The number of ketones is 1. The van der Waals surface area contributed by atoms with Gasteiger partial charge in [0.2, 0.25) is 5.78 Å². The van der Waals surface area contributed by atoms with Crippen molar-refractivity contribution in [3.63, 3.8) is 0 Å². The van der Waals surface area contributed by atoms with Gasteiger partial charge in [-0.05, 0) is 35.7 Å². The van der Waals surface area contributed by atoms with Crippen LogP contribution in [0.1, 0.15) is 32.0 Å². The summed E-state index contributed by atoms with van der Waals surface area (Å²) >= 11 is 0. The molecule has 26 heavy (non-hydrogen) atoms. The van der Waals surface area contributed by atoms with Gasteiger partial charge in [-0.1, -0.05) is 36.4 Å². The van der Waals surface area contributed by atoms with Crippen LogP contribution < -0.4 is 0 Å². The third kappa shape index (κ3) is 2.33. The zero-order valence-corrected chi connectivity index (χ0v) is 13.5. The van der Waals surface area contributed by atoms with E-state index in [0.29, 0.717) is 22.3 Å². The Morgan fingerprint density at radius 1 is 0.885 bits per heavy atom. The van der Waals surface area contributed by atoms with Crippen LogP contribution in [0.5, 0.6) is 0 Å². The van der Waals surface area contributed by atoms with E-state index in [1.54, 1.807) is 10.5 Å². The largest absolute Gasteiger partial charge is 0.478 e. The first kappa shape index (κ1) is 15.6. The van der Waals surface area contributed by atoms with Crippen molar-refractivity contribution in [1.82, 2.24) is 4.40 Å². The van der Waals surface area contributed by atoms with Crippen LogP contribution in [-0.2, 0) is 0 Å². The number of carbonyl (C=O) groups is 2. The van der Waals surface area contributed by atoms with Gasteiger partial charge in [-0.2, -0.15) is 5.26 Å². The molecule has 0 aliphatic carbocycles. The van der Waals surface area contributed by atoms with E-state index >= 15 is 0 Å². The average molecular weight is 340 g/mol. The second-order valence-electron chi connectivity index (χ2n) is 5.88. The summed E-state index contributed by atoms with van der Waals surface area (Å²) in [6, 6.07) is 20.9. The van der Waals surface area contributed by atoms with E-state index in [4.69, 9.17) is 5.11 Å². The summed E-state index contributed by atoms with van der Waals surface area (Å²) in [6.45, 7) is 0. The molecule has 1 N–H and O–H groups in total. The standard InChI is InChI=1S/C21H12N2O3/c22-12-16-11-19(20(24)14-5-7-15(8-6-14)21(25)26)23-17-4-2-1-3-13(17)9-10-18(16)23/h1-11H,(H,25,26). The fraction of sp³-hybridized carbons (Fsp3) is 0. The number of hydrogen-bond acceptors (Lipinski definition) is 3. The van der Waals surface area contributed by atoms with Crippen molar-refractivity contribution in [1.29, 1.82) is 5.26 Å². The van der Waals surface area contributed by atoms with Crippen LogP contribution in [-0.4, -0.2) is 21.3 Å². The number of carbonyl (C=O) groups excluding carboxylic acids is 1. The van der Waals surface area contributed by atoms with Gasteiger partial charge in [-0.25, -0.2) is 4.79 Å². The van der Waals surface area contributed by atoms with E-state index in [0.717, 1.165) is 10.9 Å². The number of nitrogens with zero attached hydrogens (tertiary/aromatic N) is 2. The van der Waals surface area contributed by atoms with Crippen LogP contribution in [0.25, 0.3) is 16.4 Å². The van der Waals surface area contributed by atoms with E-state index in [-0.39, 0.29) is 11.3 Å². The van der Waals surface area contributed by atoms with Crippen molar-refractivity contribution in [2.24, 2.45) is 0 Å². The Kier molecular flexibility index (Phi) is 3.52. The lowest BCUT2D eigenvalue weighted by Crippen LogP contribution is -2.06. The molecule has 4 rings (SSSR count). The summed E-state index contributed by atoms with van der Waals surface area (Å²) in [5, 5.41) is 19.4. The monoisotopic (exact) mass is 340 g/mol. The van der Waals surface area contributed by atoms with Crippen molar-refractivity contribution < 1.29 is 14.7 Å². The number of nitriles is 1. The topological polar surface area (TPSA) is 82.6 Å². The van der Waals surface area contributed by atoms with Gasteiger partial charge in [-0.3, -0.25) is 4.79 Å². The molecule has 2 heterocycles. The first-order chi connectivity index (χ1) is 12.6. The predicted octanol–water partition coefficient (Wildman–Crippen LogP) is 3.89. The maximum absolute atomic E-state index is 13.0. The highest BCUT2D eigenvalue weighted by Crippen LogP contribution is 2.25. The van der Waals surface area contributed by atoms with Gasteiger partial charge in [-0.15, -0.1) is 0 Å². The number of aromatic nitrogens is 1. The molecule has 0 radical (unpaired) electrons. The van der Waals surface area contributed by atoms with Gasteiger partial charge in [0.1, 0.15) is 6.07 Å². The molecule has 5 nitrogen and oxygen atoms in total. The van der Waals surface area contributed by atoms with Gasteiger partial charge in [0.05, 0.1) is 27.9 Å². The van der Waals surface area contributed by atoms with Gasteiger partial charge >= 0.3 is 5.97 Å². The number of aromatic carboxylic acids is 1. The first-order valence-electron chi connectivity index (χ1n) is 7.91. The van der Waals surface area contributed by atoms with Crippen LogP contribution in [0.4, 0.5) is 0 Å². The third-order valence-corrected chi connectivity index (χ3v) is 4.38. The smallest absolute Gasteiger partial charge is 0.335 e. The minimum absolute atomic E-state index is 0.115. The number of carboxylic acid groups (broad SMARTS) is 1. The van der Waals surface area contributed by atoms with Gasteiger partial charge in [0.25, 0.3) is 0 Å². The molecule has 0 saturated carbocycles. The van der Waals surface area contributed by atoms with Crippen molar-refractivity contribution >= 4 is 28.2 Å². The van der Waals surface area contributed by atoms with Gasteiger partial charge < -0.3 is 9.51 Å². The number of pyridine rings is 1. The summed E-state index contributed by atoms with van der Waals surface area (Å²) in [4.78, 5) is 24.0. The van der Waals surface area contributed by atoms with E-state index < -0.39 is 5.97 Å². The summed E-state index contributed by atoms with van der Waals surface area (Å²) in [5.41, 5.74) is 2.77. The van der Waals surface area contributed by atoms with Crippen molar-refractivity contribution in [3.8, 4) is 6.07 Å². The molecule has 5 heteroatoms. The van der Waals surface area contributed by atoms with Crippen molar-refractivity contribution in [2.45, 2.75) is 0 Å². The molecule has 2 aromatic carbocycles. The average Bonchev–Trinajstić information content (AvgIpc) is 3.06. The van der Waals surface area contributed by atoms with E-state index in [9.17, 15) is 14.9 Å². The number of fused-ring (bicyclic) bond motifs is 3. The normalized spacial score (nSPS) is 10.7. The van der Waals surface area contributed by atoms with Crippen LogP contribution in [0.3, 0.4) is 0 Å². The number of para-hydroxylation sites is 1. The quantitative estimate of drug-likeness (QED) is 0.574. The Labute approximate surface area is 148 Å².